The fraction of sp³-hybridized carbons (Fsp3) is 0.176. The van der Waals surface area contributed by atoms with Gasteiger partial charge in [0.1, 0.15) is 0 Å². The van der Waals surface area contributed by atoms with Crippen LogP contribution in [0.1, 0.15) is 11.1 Å². The molecule has 2 N–H and O–H groups in total. The van der Waals surface area contributed by atoms with Crippen molar-refractivity contribution in [2.75, 3.05) is 11.9 Å². The lowest BCUT2D eigenvalue weighted by Crippen LogP contribution is -2.33. The summed E-state index contributed by atoms with van der Waals surface area (Å²) in [6, 6.07) is 14.5. The predicted octanol–water partition coefficient (Wildman–Crippen LogP) is 2.95. The van der Waals surface area contributed by atoms with Crippen LogP contribution in [0.2, 0.25) is 5.02 Å². The molecule has 0 aliphatic rings. The third-order valence-electron chi connectivity index (χ3n) is 3.06. The van der Waals surface area contributed by atoms with Crippen molar-refractivity contribution < 1.29 is 9.59 Å². The van der Waals surface area contributed by atoms with E-state index in [0.717, 1.165) is 11.1 Å². The van der Waals surface area contributed by atoms with Gasteiger partial charge in [-0.05, 0) is 36.8 Å². The molecule has 0 fully saturated rings. The van der Waals surface area contributed by atoms with Gasteiger partial charge in [-0.15, -0.1) is 0 Å². The molecule has 2 amide bonds. The molecule has 4 nitrogen and oxygen atoms in total. The number of hydrogen-bond acceptors (Lipinski definition) is 2. The number of rotatable bonds is 5. The van der Waals surface area contributed by atoms with Crippen molar-refractivity contribution in [3.8, 4) is 0 Å². The molecule has 114 valence electrons. The van der Waals surface area contributed by atoms with Gasteiger partial charge in [0.2, 0.25) is 11.8 Å². The van der Waals surface area contributed by atoms with E-state index in [2.05, 4.69) is 10.6 Å². The third-order valence-corrected chi connectivity index (χ3v) is 3.31. The summed E-state index contributed by atoms with van der Waals surface area (Å²) in [6.45, 7) is 1.93. The van der Waals surface area contributed by atoms with Crippen LogP contribution >= 0.6 is 11.6 Å². The summed E-state index contributed by atoms with van der Waals surface area (Å²) in [5, 5.41) is 5.88. The van der Waals surface area contributed by atoms with Gasteiger partial charge in [0.15, 0.2) is 0 Å². The quantitative estimate of drug-likeness (QED) is 0.891. The topological polar surface area (TPSA) is 58.2 Å². The molecular weight excluding hydrogens is 300 g/mol. The number of anilines is 1. The minimum Gasteiger partial charge on any atom is -0.347 e. The fourth-order valence-electron chi connectivity index (χ4n) is 1.87. The summed E-state index contributed by atoms with van der Waals surface area (Å²) < 4.78 is 0. The lowest BCUT2D eigenvalue weighted by Gasteiger charge is -2.07. The van der Waals surface area contributed by atoms with Crippen LogP contribution in [0, 0.1) is 6.92 Å². The van der Waals surface area contributed by atoms with Crippen LogP contribution in [0.3, 0.4) is 0 Å². The Morgan fingerprint density at radius 3 is 2.23 bits per heavy atom. The van der Waals surface area contributed by atoms with Crippen molar-refractivity contribution in [2.45, 2.75) is 13.3 Å². The maximum absolute atomic E-state index is 11.8. The number of amides is 2. The molecule has 22 heavy (non-hydrogen) atoms. The summed E-state index contributed by atoms with van der Waals surface area (Å²) in [7, 11) is 0. The Kier molecular flexibility index (Phi) is 5.55. The van der Waals surface area contributed by atoms with Gasteiger partial charge in [-0.2, -0.15) is 0 Å². The maximum Gasteiger partial charge on any atom is 0.243 e. The van der Waals surface area contributed by atoms with Gasteiger partial charge < -0.3 is 10.6 Å². The lowest BCUT2D eigenvalue weighted by molar-refractivity contribution is -0.123. The first kappa shape index (κ1) is 16.0. The van der Waals surface area contributed by atoms with Crippen molar-refractivity contribution >= 4 is 29.1 Å². The number of benzene rings is 2. The zero-order valence-corrected chi connectivity index (χ0v) is 13.0. The predicted molar refractivity (Wildman–Crippen MR) is 88.0 cm³/mol. The van der Waals surface area contributed by atoms with E-state index >= 15 is 0 Å². The Balaban J connectivity index is 1.76. The van der Waals surface area contributed by atoms with Crippen LogP contribution in [0.25, 0.3) is 0 Å². The SMILES string of the molecule is Cc1ccc(CC(=O)NCC(=O)Nc2ccc(Cl)cc2)cc1. The van der Waals surface area contributed by atoms with Crippen LogP contribution in [0.5, 0.6) is 0 Å². The van der Waals surface area contributed by atoms with E-state index in [1.165, 1.54) is 0 Å². The molecule has 0 aliphatic heterocycles. The zero-order chi connectivity index (χ0) is 15.9. The summed E-state index contributed by atoms with van der Waals surface area (Å²) in [4.78, 5) is 23.5. The average Bonchev–Trinajstić information content (AvgIpc) is 2.50. The van der Waals surface area contributed by atoms with Gasteiger partial charge in [-0.1, -0.05) is 41.4 Å². The molecule has 2 rings (SSSR count). The monoisotopic (exact) mass is 316 g/mol. The minimum absolute atomic E-state index is 0.0622. The molecule has 5 heteroatoms. The Labute approximate surface area is 134 Å². The molecule has 0 aromatic heterocycles. The van der Waals surface area contributed by atoms with Crippen LogP contribution in [0.15, 0.2) is 48.5 Å². The number of halogens is 1. The fourth-order valence-corrected chi connectivity index (χ4v) is 2.00. The van der Waals surface area contributed by atoms with E-state index in [1.807, 2.05) is 31.2 Å². The Bertz CT molecular complexity index is 592. The Morgan fingerprint density at radius 1 is 0.955 bits per heavy atom. The molecule has 2 aromatic rings. The van der Waals surface area contributed by atoms with Gasteiger partial charge in [0.05, 0.1) is 13.0 Å². The first-order valence-electron chi connectivity index (χ1n) is 6.90. The number of aryl methyl sites for hydroxylation is 1. The average molecular weight is 317 g/mol. The van der Waals surface area contributed by atoms with E-state index < -0.39 is 0 Å². The molecule has 0 heterocycles. The summed E-state index contributed by atoms with van der Waals surface area (Å²) in [6.07, 6.45) is 0.258. The van der Waals surface area contributed by atoms with Crippen LogP contribution in [-0.2, 0) is 16.0 Å². The molecule has 0 unspecified atom stereocenters. The highest BCUT2D eigenvalue weighted by Crippen LogP contribution is 2.13. The van der Waals surface area contributed by atoms with Gasteiger partial charge in [-0.3, -0.25) is 9.59 Å². The molecule has 0 bridgehead atoms. The smallest absolute Gasteiger partial charge is 0.243 e. The highest BCUT2D eigenvalue weighted by molar-refractivity contribution is 6.30. The van der Waals surface area contributed by atoms with Gasteiger partial charge in [0.25, 0.3) is 0 Å². The Morgan fingerprint density at radius 2 is 1.59 bits per heavy atom. The van der Waals surface area contributed by atoms with Crippen molar-refractivity contribution in [3.05, 3.63) is 64.7 Å². The molecule has 2 aromatic carbocycles. The van der Waals surface area contributed by atoms with E-state index in [9.17, 15) is 9.59 Å². The van der Waals surface area contributed by atoms with E-state index in [4.69, 9.17) is 11.6 Å². The van der Waals surface area contributed by atoms with Crippen LogP contribution in [0.4, 0.5) is 5.69 Å². The van der Waals surface area contributed by atoms with Gasteiger partial charge >= 0.3 is 0 Å². The molecule has 0 saturated heterocycles. The second-order valence-corrected chi connectivity index (χ2v) is 5.43. The van der Waals surface area contributed by atoms with Crippen LogP contribution < -0.4 is 10.6 Å². The third kappa shape index (κ3) is 5.22. The second-order valence-electron chi connectivity index (χ2n) is 4.99. The van der Waals surface area contributed by atoms with Crippen molar-refractivity contribution in [1.29, 1.82) is 0 Å². The molecule has 0 saturated carbocycles. The summed E-state index contributed by atoms with van der Waals surface area (Å²) in [5.74, 6) is -0.463. The molecular formula is C17H17ClN2O2. The highest BCUT2D eigenvalue weighted by Gasteiger charge is 2.07. The first-order valence-corrected chi connectivity index (χ1v) is 7.28. The first-order chi connectivity index (χ1) is 10.5. The highest BCUT2D eigenvalue weighted by atomic mass is 35.5. The normalized spacial score (nSPS) is 10.1. The van der Waals surface area contributed by atoms with Crippen molar-refractivity contribution in [2.24, 2.45) is 0 Å². The zero-order valence-electron chi connectivity index (χ0n) is 12.2. The van der Waals surface area contributed by atoms with Crippen molar-refractivity contribution in [1.82, 2.24) is 5.32 Å². The number of carbonyl (C=O) groups excluding carboxylic acids is 2. The maximum atomic E-state index is 11.8. The van der Waals surface area contributed by atoms with E-state index in [-0.39, 0.29) is 24.8 Å². The van der Waals surface area contributed by atoms with Gasteiger partial charge in [-0.25, -0.2) is 0 Å². The van der Waals surface area contributed by atoms with E-state index in [1.54, 1.807) is 24.3 Å². The number of nitrogens with one attached hydrogen (secondary N) is 2. The number of carbonyl (C=O) groups is 2. The molecule has 0 spiro atoms. The van der Waals surface area contributed by atoms with Crippen LogP contribution in [-0.4, -0.2) is 18.4 Å². The number of hydrogen-bond donors (Lipinski definition) is 2. The largest absolute Gasteiger partial charge is 0.347 e. The molecule has 0 atom stereocenters. The molecule has 0 aliphatic carbocycles. The van der Waals surface area contributed by atoms with Crippen molar-refractivity contribution in [3.63, 3.8) is 0 Å². The minimum atomic E-state index is -0.278. The van der Waals surface area contributed by atoms with Gasteiger partial charge in [0, 0.05) is 10.7 Å². The molecule has 0 radical (unpaired) electrons. The standard InChI is InChI=1S/C17H17ClN2O2/c1-12-2-4-13(5-3-12)10-16(21)19-11-17(22)20-15-8-6-14(18)7-9-15/h2-9H,10-11H2,1H3,(H,19,21)(H,20,22). The Hall–Kier alpha value is -2.33. The summed E-state index contributed by atoms with van der Waals surface area (Å²) in [5.41, 5.74) is 2.70. The summed E-state index contributed by atoms with van der Waals surface area (Å²) >= 11 is 5.77. The second kappa shape index (κ2) is 7.61. The van der Waals surface area contributed by atoms with E-state index in [0.29, 0.717) is 10.7 Å². The lowest BCUT2D eigenvalue weighted by atomic mass is 10.1.